The van der Waals surface area contributed by atoms with Gasteiger partial charge in [-0.3, -0.25) is 4.79 Å². The van der Waals surface area contributed by atoms with Gasteiger partial charge in [0.05, 0.1) is 4.90 Å². The van der Waals surface area contributed by atoms with E-state index in [1.807, 2.05) is 31.2 Å². The lowest BCUT2D eigenvalue weighted by atomic mass is 10.1. The van der Waals surface area contributed by atoms with Crippen LogP contribution in [0.2, 0.25) is 0 Å². The lowest BCUT2D eigenvalue weighted by Gasteiger charge is -2.31. The molecule has 2 aliphatic heterocycles. The molecule has 0 aliphatic carbocycles. The molecule has 1 amide bonds. The van der Waals surface area contributed by atoms with E-state index in [1.54, 1.807) is 29.3 Å². The van der Waals surface area contributed by atoms with Crippen LogP contribution in [0.5, 0.6) is 0 Å². The number of fused-ring (bicyclic) bond motifs is 1. The maximum absolute atomic E-state index is 12.8. The average Bonchev–Trinajstić information content (AvgIpc) is 2.99. The molecule has 4 rings (SSSR count). The molecular weight excluding hydrogens is 444 g/mol. The van der Waals surface area contributed by atoms with E-state index in [9.17, 15) is 13.2 Å². The minimum Gasteiger partial charge on any atom is -0.332 e. The standard InChI is InChI=1S/C19H17BrN4O3S/c1-12-2-8-15(9-3-12)28(26,27)23-19-21-11-10-16-22-18(25)17(24(16)19)13-4-6-14(20)7-5-13/h2-11,16-17H,1H3,(H,21,23)(H,22,25). The van der Waals surface area contributed by atoms with E-state index in [0.717, 1.165) is 15.6 Å². The first-order valence-corrected chi connectivity index (χ1v) is 10.8. The summed E-state index contributed by atoms with van der Waals surface area (Å²) in [7, 11) is -3.94. The molecular formula is C19H17BrN4O3S. The van der Waals surface area contributed by atoms with Gasteiger partial charge in [-0.1, -0.05) is 45.8 Å². The quantitative estimate of drug-likeness (QED) is 0.733. The van der Waals surface area contributed by atoms with Gasteiger partial charge >= 0.3 is 0 Å². The van der Waals surface area contributed by atoms with Crippen LogP contribution >= 0.6 is 15.9 Å². The summed E-state index contributed by atoms with van der Waals surface area (Å²) in [5.41, 5.74) is 1.69. The van der Waals surface area contributed by atoms with Gasteiger partial charge in [0.1, 0.15) is 12.2 Å². The van der Waals surface area contributed by atoms with E-state index < -0.39 is 22.2 Å². The Morgan fingerprint density at radius 1 is 1.07 bits per heavy atom. The zero-order valence-corrected chi connectivity index (χ0v) is 17.2. The molecule has 2 aromatic rings. The smallest absolute Gasteiger partial charge is 0.285 e. The Kier molecular flexibility index (Phi) is 4.72. The molecule has 144 valence electrons. The number of carbonyl (C=O) groups excluding carboxylic acids is 1. The fourth-order valence-corrected chi connectivity index (χ4v) is 4.40. The van der Waals surface area contributed by atoms with Crippen LogP contribution in [0.1, 0.15) is 17.2 Å². The fraction of sp³-hybridized carbons (Fsp3) is 0.158. The number of amides is 1. The fourth-order valence-electron chi connectivity index (χ4n) is 3.17. The van der Waals surface area contributed by atoms with Gasteiger partial charge in [-0.15, -0.1) is 4.40 Å². The van der Waals surface area contributed by atoms with Crippen molar-refractivity contribution in [2.45, 2.75) is 24.0 Å². The van der Waals surface area contributed by atoms with Crippen LogP contribution < -0.4 is 10.6 Å². The van der Waals surface area contributed by atoms with Crippen molar-refractivity contribution in [1.29, 1.82) is 0 Å². The number of sulfonamides is 1. The van der Waals surface area contributed by atoms with E-state index in [1.165, 1.54) is 12.1 Å². The molecule has 1 saturated heterocycles. The second kappa shape index (κ2) is 7.06. The molecule has 1 fully saturated rings. The number of hydrogen-bond acceptors (Lipinski definition) is 3. The molecule has 28 heavy (non-hydrogen) atoms. The van der Waals surface area contributed by atoms with Crippen molar-refractivity contribution in [2.24, 2.45) is 4.40 Å². The van der Waals surface area contributed by atoms with E-state index >= 15 is 0 Å². The summed E-state index contributed by atoms with van der Waals surface area (Å²) in [4.78, 5) is 14.3. The lowest BCUT2D eigenvalue weighted by molar-refractivity contribution is -0.121. The largest absolute Gasteiger partial charge is 0.332 e. The van der Waals surface area contributed by atoms with Crippen LogP contribution in [-0.4, -0.2) is 31.4 Å². The highest BCUT2D eigenvalue weighted by Gasteiger charge is 2.43. The summed E-state index contributed by atoms with van der Waals surface area (Å²) in [6, 6.07) is 13.1. The van der Waals surface area contributed by atoms with Gasteiger partial charge in [-0.25, -0.2) is 0 Å². The van der Waals surface area contributed by atoms with Crippen LogP contribution in [0.15, 0.2) is 74.6 Å². The number of nitrogens with one attached hydrogen (secondary N) is 2. The predicted octanol–water partition coefficient (Wildman–Crippen LogP) is 2.42. The van der Waals surface area contributed by atoms with E-state index in [0.29, 0.717) is 0 Å². The highest BCUT2D eigenvalue weighted by molar-refractivity contribution is 9.10. The van der Waals surface area contributed by atoms with Gasteiger partial charge < -0.3 is 15.5 Å². The van der Waals surface area contributed by atoms with Crippen LogP contribution in [0.25, 0.3) is 0 Å². The van der Waals surface area contributed by atoms with Crippen LogP contribution in [0, 0.1) is 6.92 Å². The number of guanidine groups is 1. The first kappa shape index (κ1) is 18.7. The number of hydrogen-bond donors (Lipinski definition) is 2. The first-order chi connectivity index (χ1) is 13.3. The SMILES string of the molecule is Cc1ccc(S(=O)(=O)/N=C2\NC=CC3NC(=O)C(c4ccc(Br)cc4)N23)cc1. The molecule has 7 nitrogen and oxygen atoms in total. The molecule has 9 heteroatoms. The summed E-state index contributed by atoms with van der Waals surface area (Å²) in [6.45, 7) is 1.88. The second-order valence-corrected chi connectivity index (χ2v) is 9.04. The van der Waals surface area contributed by atoms with Crippen molar-refractivity contribution in [1.82, 2.24) is 15.5 Å². The van der Waals surface area contributed by atoms with Crippen molar-refractivity contribution in [3.63, 3.8) is 0 Å². The molecule has 0 aromatic heterocycles. The normalized spacial score (nSPS) is 22.7. The summed E-state index contributed by atoms with van der Waals surface area (Å²) in [5, 5.41) is 5.73. The van der Waals surface area contributed by atoms with Gasteiger partial charge in [0, 0.05) is 10.7 Å². The van der Waals surface area contributed by atoms with Crippen LogP contribution in [0.3, 0.4) is 0 Å². The zero-order valence-electron chi connectivity index (χ0n) is 14.8. The van der Waals surface area contributed by atoms with Gasteiger partial charge in [0.15, 0.2) is 0 Å². The van der Waals surface area contributed by atoms with Crippen molar-refractivity contribution in [3.8, 4) is 0 Å². The maximum atomic E-state index is 12.8. The highest BCUT2D eigenvalue weighted by atomic mass is 79.9. The lowest BCUT2D eigenvalue weighted by Crippen LogP contribution is -2.48. The number of rotatable bonds is 3. The summed E-state index contributed by atoms with van der Waals surface area (Å²) in [6.07, 6.45) is 2.85. The Morgan fingerprint density at radius 3 is 2.43 bits per heavy atom. The number of halogens is 1. The Labute approximate surface area is 171 Å². The molecule has 0 saturated carbocycles. The molecule has 2 aromatic carbocycles. The van der Waals surface area contributed by atoms with Gasteiger partial charge in [-0.2, -0.15) is 8.42 Å². The van der Waals surface area contributed by atoms with Gasteiger partial charge in [-0.05, 0) is 42.8 Å². The molecule has 2 N–H and O–H groups in total. The minimum absolute atomic E-state index is 0.0946. The summed E-state index contributed by atoms with van der Waals surface area (Å²) in [5.74, 6) is -0.125. The van der Waals surface area contributed by atoms with Crippen molar-refractivity contribution in [2.75, 3.05) is 0 Å². The third kappa shape index (κ3) is 3.43. The van der Waals surface area contributed by atoms with Gasteiger partial charge in [0.2, 0.25) is 11.9 Å². The maximum Gasteiger partial charge on any atom is 0.285 e. The number of nitrogens with zero attached hydrogens (tertiary/aromatic N) is 2. The van der Waals surface area contributed by atoms with Crippen LogP contribution in [0.4, 0.5) is 0 Å². The van der Waals surface area contributed by atoms with Crippen molar-refractivity contribution in [3.05, 3.63) is 76.4 Å². The number of aryl methyl sites for hydroxylation is 1. The average molecular weight is 461 g/mol. The third-order valence-corrected chi connectivity index (χ3v) is 6.37. The Balaban J connectivity index is 1.75. The van der Waals surface area contributed by atoms with E-state index in [4.69, 9.17) is 0 Å². The van der Waals surface area contributed by atoms with E-state index in [-0.39, 0.29) is 16.8 Å². The van der Waals surface area contributed by atoms with Crippen LogP contribution in [-0.2, 0) is 14.8 Å². The van der Waals surface area contributed by atoms with E-state index in [2.05, 4.69) is 31.0 Å². The Bertz CT molecular complexity index is 1080. The number of carbonyl (C=O) groups is 1. The van der Waals surface area contributed by atoms with Gasteiger partial charge in [0.25, 0.3) is 10.0 Å². The monoisotopic (exact) mass is 460 g/mol. The molecule has 0 bridgehead atoms. The third-order valence-electron chi connectivity index (χ3n) is 4.56. The van der Waals surface area contributed by atoms with Crippen molar-refractivity contribution >= 4 is 37.8 Å². The molecule has 2 atom stereocenters. The Hall–Kier alpha value is -2.65. The Morgan fingerprint density at radius 2 is 1.75 bits per heavy atom. The second-order valence-electron chi connectivity index (χ2n) is 6.52. The highest BCUT2D eigenvalue weighted by Crippen LogP contribution is 2.31. The number of benzene rings is 2. The van der Waals surface area contributed by atoms with Crippen molar-refractivity contribution < 1.29 is 13.2 Å². The zero-order chi connectivity index (χ0) is 19.9. The molecule has 2 unspecified atom stereocenters. The molecule has 2 heterocycles. The first-order valence-electron chi connectivity index (χ1n) is 8.54. The predicted molar refractivity (Wildman–Crippen MR) is 109 cm³/mol. The topological polar surface area (TPSA) is 90.9 Å². The summed E-state index contributed by atoms with van der Waals surface area (Å²) >= 11 is 3.38. The minimum atomic E-state index is -3.94. The molecule has 0 spiro atoms. The summed E-state index contributed by atoms with van der Waals surface area (Å²) < 4.78 is 30.4. The molecule has 2 aliphatic rings. The molecule has 0 radical (unpaired) electrons.